The predicted octanol–water partition coefficient (Wildman–Crippen LogP) is 1.78. The number of anilines is 1. The van der Waals surface area contributed by atoms with Crippen LogP contribution in [0.5, 0.6) is 0 Å². The van der Waals surface area contributed by atoms with Crippen molar-refractivity contribution < 1.29 is 5.11 Å². The Balaban J connectivity index is 1.70. The average Bonchev–Trinajstić information content (AvgIpc) is 2.88. The third-order valence-electron chi connectivity index (χ3n) is 3.50. The number of rotatable bonds is 6. The molecule has 1 aromatic rings. The molecule has 19 heavy (non-hydrogen) atoms. The number of aliphatic hydroxyl groups excluding tert-OH is 1. The zero-order valence-corrected chi connectivity index (χ0v) is 12.6. The lowest BCUT2D eigenvalue weighted by Crippen LogP contribution is -2.39. The quantitative estimate of drug-likeness (QED) is 0.834. The van der Waals surface area contributed by atoms with E-state index in [0.29, 0.717) is 18.4 Å². The molecule has 1 unspecified atom stereocenters. The summed E-state index contributed by atoms with van der Waals surface area (Å²) in [6.45, 7) is 8.65. The van der Waals surface area contributed by atoms with E-state index in [9.17, 15) is 5.11 Å². The highest BCUT2D eigenvalue weighted by Gasteiger charge is 2.18. The summed E-state index contributed by atoms with van der Waals surface area (Å²) in [5.74, 6) is 0.906. The molecule has 1 fully saturated rings. The summed E-state index contributed by atoms with van der Waals surface area (Å²) in [6, 6.07) is 0. The molecule has 0 amide bonds. The van der Waals surface area contributed by atoms with Crippen LogP contribution in [0.1, 0.15) is 37.6 Å². The van der Waals surface area contributed by atoms with Crippen molar-refractivity contribution in [2.75, 3.05) is 38.1 Å². The minimum Gasteiger partial charge on any atom is -0.396 e. The maximum atomic E-state index is 9.21. The fraction of sp³-hybridized carbons (Fsp3) is 0.846. The number of aromatic nitrogens is 2. The van der Waals surface area contributed by atoms with Crippen molar-refractivity contribution in [3.8, 4) is 0 Å². The van der Waals surface area contributed by atoms with E-state index < -0.39 is 0 Å². The van der Waals surface area contributed by atoms with Gasteiger partial charge in [0.15, 0.2) is 0 Å². The summed E-state index contributed by atoms with van der Waals surface area (Å²) in [5, 5.41) is 22.9. The summed E-state index contributed by atoms with van der Waals surface area (Å²) in [5.41, 5.74) is 0. The van der Waals surface area contributed by atoms with Gasteiger partial charge in [0.1, 0.15) is 5.01 Å². The van der Waals surface area contributed by atoms with Crippen LogP contribution in [0.2, 0.25) is 0 Å². The predicted molar refractivity (Wildman–Crippen MR) is 78.7 cm³/mol. The third-order valence-corrected chi connectivity index (χ3v) is 4.68. The minimum atomic E-state index is 0.318. The van der Waals surface area contributed by atoms with Crippen LogP contribution in [0.3, 0.4) is 0 Å². The van der Waals surface area contributed by atoms with Gasteiger partial charge in [-0.2, -0.15) is 0 Å². The maximum absolute atomic E-state index is 9.21. The summed E-state index contributed by atoms with van der Waals surface area (Å²) < 4.78 is 0. The highest BCUT2D eigenvalue weighted by atomic mass is 32.1. The van der Waals surface area contributed by atoms with Crippen LogP contribution in [-0.4, -0.2) is 53.0 Å². The molecule has 0 spiro atoms. The zero-order valence-electron chi connectivity index (χ0n) is 11.8. The smallest absolute Gasteiger partial charge is 0.205 e. The molecule has 1 aromatic heterocycles. The molecule has 2 rings (SSSR count). The highest BCUT2D eigenvalue weighted by molar-refractivity contribution is 7.15. The van der Waals surface area contributed by atoms with Crippen LogP contribution >= 0.6 is 11.3 Å². The number of hydrogen-bond donors (Lipinski definition) is 2. The van der Waals surface area contributed by atoms with Crippen LogP contribution in [0.25, 0.3) is 0 Å². The first-order valence-corrected chi connectivity index (χ1v) is 7.91. The largest absolute Gasteiger partial charge is 0.396 e. The average molecular weight is 284 g/mol. The molecule has 2 heterocycles. The Morgan fingerprint density at radius 1 is 1.47 bits per heavy atom. The van der Waals surface area contributed by atoms with Crippen LogP contribution < -0.4 is 5.32 Å². The van der Waals surface area contributed by atoms with E-state index in [-0.39, 0.29) is 0 Å². The van der Waals surface area contributed by atoms with Gasteiger partial charge in [-0.3, -0.25) is 0 Å². The van der Waals surface area contributed by atoms with Crippen LogP contribution in [-0.2, 0) is 0 Å². The molecule has 1 atom stereocenters. The lowest BCUT2D eigenvalue weighted by Gasteiger charge is -2.31. The standard InChI is InChI=1S/C13H24N4OS/c1-10(2)12-15-16-13(19-12)14-5-7-17-6-3-4-11(8-17)9-18/h10-11,18H,3-9H2,1-2H3,(H,14,16). The lowest BCUT2D eigenvalue weighted by atomic mass is 9.99. The molecule has 1 aliphatic rings. The van der Waals surface area contributed by atoms with E-state index in [1.54, 1.807) is 11.3 Å². The first-order chi connectivity index (χ1) is 9.19. The first kappa shape index (κ1) is 14.7. The molecule has 0 saturated carbocycles. The number of nitrogens with zero attached hydrogens (tertiary/aromatic N) is 3. The fourth-order valence-electron chi connectivity index (χ4n) is 2.36. The normalized spacial score (nSPS) is 20.9. The second-order valence-electron chi connectivity index (χ2n) is 5.52. The molecule has 1 saturated heterocycles. The Bertz CT molecular complexity index is 382. The fourth-order valence-corrected chi connectivity index (χ4v) is 3.14. The first-order valence-electron chi connectivity index (χ1n) is 7.09. The molecular weight excluding hydrogens is 260 g/mol. The molecular formula is C13H24N4OS. The van der Waals surface area contributed by atoms with Gasteiger partial charge in [0.2, 0.25) is 5.13 Å². The number of nitrogens with one attached hydrogen (secondary N) is 1. The van der Waals surface area contributed by atoms with Crippen LogP contribution in [0.4, 0.5) is 5.13 Å². The van der Waals surface area contributed by atoms with E-state index in [0.717, 1.165) is 42.7 Å². The van der Waals surface area contributed by atoms with Crippen molar-refractivity contribution in [1.29, 1.82) is 0 Å². The minimum absolute atomic E-state index is 0.318. The van der Waals surface area contributed by atoms with Crippen molar-refractivity contribution in [3.63, 3.8) is 0 Å². The Kier molecular flexibility index (Phi) is 5.54. The molecule has 5 nitrogen and oxygen atoms in total. The van der Waals surface area contributed by atoms with Crippen molar-refractivity contribution in [2.45, 2.75) is 32.6 Å². The van der Waals surface area contributed by atoms with E-state index in [4.69, 9.17) is 0 Å². The van der Waals surface area contributed by atoms with E-state index in [1.165, 1.54) is 6.42 Å². The van der Waals surface area contributed by atoms with Crippen LogP contribution in [0, 0.1) is 5.92 Å². The van der Waals surface area contributed by atoms with Gasteiger partial charge in [0, 0.05) is 32.2 Å². The molecule has 0 radical (unpaired) electrons. The molecule has 0 aromatic carbocycles. The summed E-state index contributed by atoms with van der Waals surface area (Å²) in [6.07, 6.45) is 2.36. The third kappa shape index (κ3) is 4.40. The number of likely N-dealkylation sites (tertiary alicyclic amines) is 1. The van der Waals surface area contributed by atoms with Gasteiger partial charge in [-0.1, -0.05) is 25.2 Å². The summed E-state index contributed by atoms with van der Waals surface area (Å²) in [4.78, 5) is 2.42. The van der Waals surface area contributed by atoms with Gasteiger partial charge in [0.25, 0.3) is 0 Å². The molecule has 0 aliphatic carbocycles. The van der Waals surface area contributed by atoms with E-state index >= 15 is 0 Å². The van der Waals surface area contributed by atoms with Gasteiger partial charge >= 0.3 is 0 Å². The molecule has 0 bridgehead atoms. The van der Waals surface area contributed by atoms with Crippen molar-refractivity contribution in [1.82, 2.24) is 15.1 Å². The maximum Gasteiger partial charge on any atom is 0.205 e. The van der Waals surface area contributed by atoms with Crippen molar-refractivity contribution in [3.05, 3.63) is 5.01 Å². The van der Waals surface area contributed by atoms with Gasteiger partial charge in [0.05, 0.1) is 0 Å². The second kappa shape index (κ2) is 7.17. The lowest BCUT2D eigenvalue weighted by molar-refractivity contribution is 0.123. The Hall–Kier alpha value is -0.720. The Morgan fingerprint density at radius 3 is 3.00 bits per heavy atom. The Morgan fingerprint density at radius 2 is 2.32 bits per heavy atom. The number of aliphatic hydroxyl groups is 1. The molecule has 2 N–H and O–H groups in total. The van der Waals surface area contributed by atoms with Crippen molar-refractivity contribution >= 4 is 16.5 Å². The van der Waals surface area contributed by atoms with Gasteiger partial charge in [-0.15, -0.1) is 10.2 Å². The topological polar surface area (TPSA) is 61.3 Å². The molecule has 6 heteroatoms. The van der Waals surface area contributed by atoms with E-state index in [1.807, 2.05) is 0 Å². The number of piperidine rings is 1. The Labute approximate surface area is 119 Å². The number of hydrogen-bond acceptors (Lipinski definition) is 6. The van der Waals surface area contributed by atoms with Gasteiger partial charge in [-0.05, 0) is 25.3 Å². The van der Waals surface area contributed by atoms with E-state index in [2.05, 4.69) is 34.3 Å². The van der Waals surface area contributed by atoms with Crippen LogP contribution in [0.15, 0.2) is 0 Å². The SMILES string of the molecule is CC(C)c1nnc(NCCN2CCCC(CO)C2)s1. The molecule has 108 valence electrons. The molecule has 1 aliphatic heterocycles. The zero-order chi connectivity index (χ0) is 13.7. The second-order valence-corrected chi connectivity index (χ2v) is 6.53. The van der Waals surface area contributed by atoms with Gasteiger partial charge in [-0.25, -0.2) is 0 Å². The van der Waals surface area contributed by atoms with Crippen molar-refractivity contribution in [2.24, 2.45) is 5.92 Å². The summed E-state index contributed by atoms with van der Waals surface area (Å²) >= 11 is 1.64. The summed E-state index contributed by atoms with van der Waals surface area (Å²) in [7, 11) is 0. The highest BCUT2D eigenvalue weighted by Crippen LogP contribution is 2.22. The monoisotopic (exact) mass is 284 g/mol. The van der Waals surface area contributed by atoms with Gasteiger partial charge < -0.3 is 15.3 Å².